The van der Waals surface area contributed by atoms with Gasteiger partial charge in [-0.2, -0.15) is 0 Å². The fourth-order valence-electron chi connectivity index (χ4n) is 3.48. The van der Waals surface area contributed by atoms with Gasteiger partial charge in [-0.15, -0.1) is 0 Å². The van der Waals surface area contributed by atoms with Crippen molar-refractivity contribution in [3.63, 3.8) is 0 Å². The molecule has 1 aromatic carbocycles. The zero-order valence-electron chi connectivity index (χ0n) is 14.4. The van der Waals surface area contributed by atoms with Crippen LogP contribution in [0.15, 0.2) is 30.3 Å². The number of hydrogen-bond acceptors (Lipinski definition) is 4. The second kappa shape index (κ2) is 9.04. The van der Waals surface area contributed by atoms with E-state index in [0.717, 1.165) is 64.4 Å². The Bertz CT molecular complexity index is 495. The summed E-state index contributed by atoms with van der Waals surface area (Å²) in [4.78, 5) is 16.9. The van der Waals surface area contributed by atoms with Crippen molar-refractivity contribution in [2.75, 3.05) is 46.0 Å². The highest BCUT2D eigenvalue weighted by molar-refractivity contribution is 5.76. The van der Waals surface area contributed by atoms with Crippen molar-refractivity contribution in [2.45, 2.75) is 31.7 Å². The number of rotatable bonds is 6. The van der Waals surface area contributed by atoms with Gasteiger partial charge in [-0.3, -0.25) is 9.69 Å². The first-order valence-electron chi connectivity index (χ1n) is 9.10. The Labute approximate surface area is 144 Å². The smallest absolute Gasteiger partial charge is 0.222 e. The predicted octanol–water partition coefficient (Wildman–Crippen LogP) is 2.17. The van der Waals surface area contributed by atoms with Gasteiger partial charge in [0.15, 0.2) is 0 Å². The first-order valence-corrected chi connectivity index (χ1v) is 9.10. The Morgan fingerprint density at radius 3 is 2.50 bits per heavy atom. The van der Waals surface area contributed by atoms with Gasteiger partial charge in [0.1, 0.15) is 5.75 Å². The van der Waals surface area contributed by atoms with Gasteiger partial charge < -0.3 is 14.4 Å². The van der Waals surface area contributed by atoms with E-state index in [2.05, 4.69) is 4.90 Å². The molecule has 0 aliphatic carbocycles. The molecule has 1 aromatic rings. The summed E-state index contributed by atoms with van der Waals surface area (Å²) >= 11 is 0. The predicted molar refractivity (Wildman–Crippen MR) is 93.2 cm³/mol. The summed E-state index contributed by atoms with van der Waals surface area (Å²) in [6, 6.07) is 10.4. The number of benzene rings is 1. The van der Waals surface area contributed by atoms with E-state index in [0.29, 0.717) is 19.1 Å². The number of carbonyl (C=O) groups is 1. The van der Waals surface area contributed by atoms with Crippen molar-refractivity contribution in [3.8, 4) is 5.75 Å². The lowest BCUT2D eigenvalue weighted by Gasteiger charge is -2.40. The third kappa shape index (κ3) is 4.95. The van der Waals surface area contributed by atoms with Crippen LogP contribution in [0.2, 0.25) is 0 Å². The molecule has 5 nitrogen and oxygen atoms in total. The summed E-state index contributed by atoms with van der Waals surface area (Å²) in [6.07, 6.45) is 3.60. The molecule has 0 radical (unpaired) electrons. The van der Waals surface area contributed by atoms with E-state index in [9.17, 15) is 4.79 Å². The monoisotopic (exact) mass is 332 g/mol. The van der Waals surface area contributed by atoms with E-state index in [-0.39, 0.29) is 5.91 Å². The minimum absolute atomic E-state index is 0.262. The molecule has 5 heteroatoms. The van der Waals surface area contributed by atoms with E-state index in [1.54, 1.807) is 0 Å². The average Bonchev–Trinajstić information content (AvgIpc) is 2.67. The van der Waals surface area contributed by atoms with Crippen LogP contribution < -0.4 is 4.74 Å². The summed E-state index contributed by atoms with van der Waals surface area (Å²) in [5, 5.41) is 0. The van der Waals surface area contributed by atoms with E-state index >= 15 is 0 Å². The highest BCUT2D eigenvalue weighted by atomic mass is 16.5. The molecular weight excluding hydrogens is 304 g/mol. The molecule has 2 heterocycles. The summed E-state index contributed by atoms with van der Waals surface area (Å²) in [6.45, 7) is 6.06. The number of para-hydroxylation sites is 1. The van der Waals surface area contributed by atoms with Gasteiger partial charge >= 0.3 is 0 Å². The summed E-state index contributed by atoms with van der Waals surface area (Å²) < 4.78 is 11.1. The fourth-order valence-corrected chi connectivity index (χ4v) is 3.48. The van der Waals surface area contributed by atoms with E-state index in [1.807, 2.05) is 35.2 Å². The minimum atomic E-state index is 0.262. The van der Waals surface area contributed by atoms with Crippen LogP contribution in [0.5, 0.6) is 5.75 Å². The van der Waals surface area contributed by atoms with Crippen molar-refractivity contribution in [1.29, 1.82) is 0 Å². The van der Waals surface area contributed by atoms with E-state index < -0.39 is 0 Å². The molecule has 0 spiro atoms. The number of carbonyl (C=O) groups excluding carboxylic acids is 1. The Kier molecular flexibility index (Phi) is 6.49. The standard InChI is InChI=1S/C19H28N2O3/c22-19(7-4-14-24-18-5-2-1-3-6-18)21-12-10-20(11-13-21)17-8-15-23-16-9-17/h1-3,5-6,17H,4,7-16H2. The van der Waals surface area contributed by atoms with Crippen molar-refractivity contribution < 1.29 is 14.3 Å². The zero-order valence-corrected chi connectivity index (χ0v) is 14.4. The first-order chi connectivity index (χ1) is 11.8. The molecule has 132 valence electrons. The van der Waals surface area contributed by atoms with Crippen LogP contribution in [-0.2, 0) is 9.53 Å². The molecule has 2 saturated heterocycles. The first kappa shape index (κ1) is 17.2. The van der Waals surface area contributed by atoms with Crippen LogP contribution in [0.4, 0.5) is 0 Å². The van der Waals surface area contributed by atoms with Crippen LogP contribution in [0.3, 0.4) is 0 Å². The third-order valence-electron chi connectivity index (χ3n) is 4.92. The van der Waals surface area contributed by atoms with Gasteiger partial charge in [0.05, 0.1) is 6.61 Å². The quantitative estimate of drug-likeness (QED) is 0.749. The highest BCUT2D eigenvalue weighted by Crippen LogP contribution is 2.17. The second-order valence-electron chi connectivity index (χ2n) is 6.53. The van der Waals surface area contributed by atoms with Crippen molar-refractivity contribution in [3.05, 3.63) is 30.3 Å². The van der Waals surface area contributed by atoms with Crippen LogP contribution in [0, 0.1) is 0 Å². The van der Waals surface area contributed by atoms with Crippen molar-refractivity contribution >= 4 is 5.91 Å². The normalized spacial score (nSPS) is 20.1. The maximum absolute atomic E-state index is 12.3. The zero-order chi connectivity index (χ0) is 16.6. The second-order valence-corrected chi connectivity index (χ2v) is 6.53. The molecule has 0 bridgehead atoms. The highest BCUT2D eigenvalue weighted by Gasteiger charge is 2.26. The summed E-state index contributed by atoms with van der Waals surface area (Å²) in [7, 11) is 0. The third-order valence-corrected chi connectivity index (χ3v) is 4.92. The molecule has 1 amide bonds. The lowest BCUT2D eigenvalue weighted by atomic mass is 10.1. The Balaban J connectivity index is 1.31. The largest absolute Gasteiger partial charge is 0.494 e. The van der Waals surface area contributed by atoms with Crippen molar-refractivity contribution in [2.24, 2.45) is 0 Å². The van der Waals surface area contributed by atoms with E-state index in [4.69, 9.17) is 9.47 Å². The van der Waals surface area contributed by atoms with Gasteiger partial charge in [-0.1, -0.05) is 18.2 Å². The number of amides is 1. The van der Waals surface area contributed by atoms with Gasteiger partial charge in [0, 0.05) is 51.9 Å². The molecule has 2 fully saturated rings. The number of ether oxygens (including phenoxy) is 2. The lowest BCUT2D eigenvalue weighted by molar-refractivity contribution is -0.133. The maximum atomic E-state index is 12.3. The van der Waals surface area contributed by atoms with Crippen LogP contribution in [0.25, 0.3) is 0 Å². The SMILES string of the molecule is O=C(CCCOc1ccccc1)N1CCN(C2CCOCC2)CC1. The number of piperazine rings is 1. The van der Waals surface area contributed by atoms with Crippen LogP contribution in [0.1, 0.15) is 25.7 Å². The molecule has 0 N–H and O–H groups in total. The molecule has 2 aliphatic heterocycles. The Morgan fingerprint density at radius 2 is 1.79 bits per heavy atom. The Morgan fingerprint density at radius 1 is 1.08 bits per heavy atom. The molecule has 0 atom stereocenters. The molecule has 0 aromatic heterocycles. The molecular formula is C19H28N2O3. The molecule has 3 rings (SSSR count). The van der Waals surface area contributed by atoms with Gasteiger partial charge in [-0.25, -0.2) is 0 Å². The van der Waals surface area contributed by atoms with Gasteiger partial charge in [0.2, 0.25) is 5.91 Å². The Hall–Kier alpha value is -1.59. The lowest BCUT2D eigenvalue weighted by Crippen LogP contribution is -2.53. The van der Waals surface area contributed by atoms with Gasteiger partial charge in [0.25, 0.3) is 0 Å². The average molecular weight is 332 g/mol. The molecule has 24 heavy (non-hydrogen) atoms. The fraction of sp³-hybridized carbons (Fsp3) is 0.632. The summed E-state index contributed by atoms with van der Waals surface area (Å²) in [5.41, 5.74) is 0. The molecule has 2 aliphatic rings. The summed E-state index contributed by atoms with van der Waals surface area (Å²) in [5.74, 6) is 1.13. The number of hydrogen-bond donors (Lipinski definition) is 0. The topological polar surface area (TPSA) is 42.0 Å². The maximum Gasteiger partial charge on any atom is 0.222 e. The molecule has 0 unspecified atom stereocenters. The van der Waals surface area contributed by atoms with Crippen molar-refractivity contribution in [1.82, 2.24) is 9.80 Å². The van der Waals surface area contributed by atoms with Crippen LogP contribution >= 0.6 is 0 Å². The number of nitrogens with zero attached hydrogens (tertiary/aromatic N) is 2. The minimum Gasteiger partial charge on any atom is -0.494 e. The van der Waals surface area contributed by atoms with Crippen LogP contribution in [-0.4, -0.2) is 67.7 Å². The van der Waals surface area contributed by atoms with Gasteiger partial charge in [-0.05, 0) is 31.4 Å². The van der Waals surface area contributed by atoms with E-state index in [1.165, 1.54) is 0 Å². The molecule has 0 saturated carbocycles.